The van der Waals surface area contributed by atoms with Gasteiger partial charge in [0.25, 0.3) is 0 Å². The Labute approximate surface area is 95.6 Å². The van der Waals surface area contributed by atoms with Crippen LogP contribution < -0.4 is 5.73 Å². The largest absolute Gasteiger partial charge is 0.424 e. The molecule has 1 aromatic carbocycles. The molecule has 0 atom stereocenters. The standard InChI is InChI=1S/C10H10BrN3O/c11-8-3-1-2-7(4-8)5-9-13-14-10(6-12)15-9/h1-4H,5-6,12H2. The molecule has 0 aliphatic heterocycles. The minimum atomic E-state index is 0.283. The maximum absolute atomic E-state index is 5.38. The highest BCUT2D eigenvalue weighted by atomic mass is 79.9. The van der Waals surface area contributed by atoms with E-state index in [2.05, 4.69) is 26.1 Å². The first-order valence-electron chi connectivity index (χ1n) is 4.53. The van der Waals surface area contributed by atoms with Gasteiger partial charge in [-0.15, -0.1) is 10.2 Å². The molecule has 15 heavy (non-hydrogen) atoms. The van der Waals surface area contributed by atoms with Gasteiger partial charge in [-0.3, -0.25) is 0 Å². The molecular formula is C10H10BrN3O. The van der Waals surface area contributed by atoms with Crippen LogP contribution in [-0.2, 0) is 13.0 Å². The number of hydrogen-bond donors (Lipinski definition) is 1. The van der Waals surface area contributed by atoms with Crippen LogP contribution in [-0.4, -0.2) is 10.2 Å². The molecule has 0 aliphatic carbocycles. The predicted molar refractivity (Wildman–Crippen MR) is 59.1 cm³/mol. The lowest BCUT2D eigenvalue weighted by Gasteiger charge is -1.97. The first kappa shape index (κ1) is 10.3. The second-order valence-electron chi connectivity index (χ2n) is 3.10. The summed E-state index contributed by atoms with van der Waals surface area (Å²) in [5, 5.41) is 7.70. The summed E-state index contributed by atoms with van der Waals surface area (Å²) >= 11 is 3.41. The predicted octanol–water partition coefficient (Wildman–Crippen LogP) is 1.88. The third-order valence-corrected chi connectivity index (χ3v) is 2.42. The van der Waals surface area contributed by atoms with E-state index in [1.54, 1.807) is 0 Å². The molecule has 0 radical (unpaired) electrons. The second-order valence-corrected chi connectivity index (χ2v) is 4.02. The fourth-order valence-corrected chi connectivity index (χ4v) is 1.71. The molecule has 1 heterocycles. The Morgan fingerprint density at radius 1 is 1.27 bits per heavy atom. The summed E-state index contributed by atoms with van der Waals surface area (Å²) in [7, 11) is 0. The zero-order valence-electron chi connectivity index (χ0n) is 7.98. The van der Waals surface area contributed by atoms with E-state index in [0.717, 1.165) is 10.0 Å². The fraction of sp³-hybridized carbons (Fsp3) is 0.200. The van der Waals surface area contributed by atoms with Crippen molar-refractivity contribution in [3.05, 3.63) is 46.1 Å². The molecule has 0 saturated heterocycles. The Kier molecular flexibility index (Phi) is 3.13. The molecule has 78 valence electrons. The average Bonchev–Trinajstić information content (AvgIpc) is 2.65. The number of benzene rings is 1. The highest BCUT2D eigenvalue weighted by molar-refractivity contribution is 9.10. The summed E-state index contributed by atoms with van der Waals surface area (Å²) < 4.78 is 6.35. The van der Waals surface area contributed by atoms with Crippen molar-refractivity contribution in [2.24, 2.45) is 5.73 Å². The molecule has 0 spiro atoms. The van der Waals surface area contributed by atoms with Crippen LogP contribution in [0.5, 0.6) is 0 Å². The van der Waals surface area contributed by atoms with Crippen LogP contribution in [0.1, 0.15) is 17.3 Å². The van der Waals surface area contributed by atoms with Crippen LogP contribution in [0, 0.1) is 0 Å². The monoisotopic (exact) mass is 267 g/mol. The molecule has 1 aromatic heterocycles. The summed E-state index contributed by atoms with van der Waals surface area (Å²) in [4.78, 5) is 0. The molecule has 0 unspecified atom stereocenters. The summed E-state index contributed by atoms with van der Waals surface area (Å²) in [5.74, 6) is 1.06. The zero-order chi connectivity index (χ0) is 10.7. The smallest absolute Gasteiger partial charge is 0.230 e. The molecule has 2 rings (SSSR count). The molecule has 0 saturated carbocycles. The van der Waals surface area contributed by atoms with Crippen LogP contribution in [0.4, 0.5) is 0 Å². The van der Waals surface area contributed by atoms with E-state index in [9.17, 15) is 0 Å². The van der Waals surface area contributed by atoms with Gasteiger partial charge in [-0.1, -0.05) is 28.1 Å². The van der Waals surface area contributed by atoms with Gasteiger partial charge in [-0.25, -0.2) is 0 Å². The first-order chi connectivity index (χ1) is 7.28. The third-order valence-electron chi connectivity index (χ3n) is 1.93. The Hall–Kier alpha value is -1.20. The van der Waals surface area contributed by atoms with Gasteiger partial charge in [0, 0.05) is 4.47 Å². The van der Waals surface area contributed by atoms with Crippen molar-refractivity contribution in [1.82, 2.24) is 10.2 Å². The van der Waals surface area contributed by atoms with E-state index in [-0.39, 0.29) is 6.54 Å². The van der Waals surface area contributed by atoms with Crippen LogP contribution >= 0.6 is 15.9 Å². The number of hydrogen-bond acceptors (Lipinski definition) is 4. The van der Waals surface area contributed by atoms with Crippen LogP contribution in [0.3, 0.4) is 0 Å². The first-order valence-corrected chi connectivity index (χ1v) is 5.33. The van der Waals surface area contributed by atoms with Gasteiger partial charge in [0.2, 0.25) is 11.8 Å². The lowest BCUT2D eigenvalue weighted by Crippen LogP contribution is -1.95. The van der Waals surface area contributed by atoms with E-state index in [4.69, 9.17) is 10.2 Å². The Morgan fingerprint density at radius 2 is 2.07 bits per heavy atom. The van der Waals surface area contributed by atoms with Crippen molar-refractivity contribution < 1.29 is 4.42 Å². The molecule has 4 nitrogen and oxygen atoms in total. The zero-order valence-corrected chi connectivity index (χ0v) is 9.57. The van der Waals surface area contributed by atoms with Crippen molar-refractivity contribution >= 4 is 15.9 Å². The topological polar surface area (TPSA) is 64.9 Å². The summed E-state index contributed by atoms with van der Waals surface area (Å²) in [5.41, 5.74) is 6.50. The van der Waals surface area contributed by atoms with E-state index in [0.29, 0.717) is 18.2 Å². The van der Waals surface area contributed by atoms with Gasteiger partial charge in [-0.05, 0) is 17.7 Å². The highest BCUT2D eigenvalue weighted by Gasteiger charge is 2.05. The third kappa shape index (κ3) is 2.64. The van der Waals surface area contributed by atoms with E-state index >= 15 is 0 Å². The average molecular weight is 268 g/mol. The van der Waals surface area contributed by atoms with Gasteiger partial charge >= 0.3 is 0 Å². The molecular weight excluding hydrogens is 258 g/mol. The molecule has 2 aromatic rings. The normalized spacial score (nSPS) is 10.5. The van der Waals surface area contributed by atoms with Gasteiger partial charge in [0.05, 0.1) is 13.0 Å². The molecule has 0 fully saturated rings. The molecule has 0 amide bonds. The fourth-order valence-electron chi connectivity index (χ4n) is 1.26. The van der Waals surface area contributed by atoms with Crippen molar-refractivity contribution in [2.45, 2.75) is 13.0 Å². The molecule has 0 bridgehead atoms. The minimum Gasteiger partial charge on any atom is -0.424 e. The van der Waals surface area contributed by atoms with Gasteiger partial charge in [0.1, 0.15) is 0 Å². The number of halogens is 1. The van der Waals surface area contributed by atoms with Gasteiger partial charge in [-0.2, -0.15) is 0 Å². The van der Waals surface area contributed by atoms with E-state index in [1.807, 2.05) is 24.3 Å². The Bertz CT molecular complexity index is 455. The number of aromatic nitrogens is 2. The van der Waals surface area contributed by atoms with Crippen molar-refractivity contribution in [2.75, 3.05) is 0 Å². The lowest BCUT2D eigenvalue weighted by atomic mass is 10.1. The van der Waals surface area contributed by atoms with Crippen LogP contribution in [0.25, 0.3) is 0 Å². The van der Waals surface area contributed by atoms with Crippen LogP contribution in [0.15, 0.2) is 33.2 Å². The Morgan fingerprint density at radius 3 is 2.73 bits per heavy atom. The highest BCUT2D eigenvalue weighted by Crippen LogP contribution is 2.14. The maximum Gasteiger partial charge on any atom is 0.230 e. The van der Waals surface area contributed by atoms with Crippen molar-refractivity contribution in [3.63, 3.8) is 0 Å². The minimum absolute atomic E-state index is 0.283. The van der Waals surface area contributed by atoms with Crippen molar-refractivity contribution in [3.8, 4) is 0 Å². The Balaban J connectivity index is 2.14. The second kappa shape index (κ2) is 4.55. The van der Waals surface area contributed by atoms with Crippen molar-refractivity contribution in [1.29, 1.82) is 0 Å². The molecule has 2 N–H and O–H groups in total. The van der Waals surface area contributed by atoms with E-state index in [1.165, 1.54) is 0 Å². The summed E-state index contributed by atoms with van der Waals surface area (Å²) in [6, 6.07) is 7.98. The van der Waals surface area contributed by atoms with E-state index < -0.39 is 0 Å². The number of nitrogens with two attached hydrogens (primary N) is 1. The van der Waals surface area contributed by atoms with Gasteiger partial charge in [0.15, 0.2) is 0 Å². The SMILES string of the molecule is NCc1nnc(Cc2cccc(Br)c2)o1. The van der Waals surface area contributed by atoms with Gasteiger partial charge < -0.3 is 10.2 Å². The lowest BCUT2D eigenvalue weighted by molar-refractivity contribution is 0.459. The molecule has 5 heteroatoms. The molecule has 0 aliphatic rings. The summed E-state index contributed by atoms with van der Waals surface area (Å²) in [6.07, 6.45) is 0.631. The van der Waals surface area contributed by atoms with Crippen LogP contribution in [0.2, 0.25) is 0 Å². The quantitative estimate of drug-likeness (QED) is 0.923. The number of rotatable bonds is 3. The number of nitrogens with zero attached hydrogens (tertiary/aromatic N) is 2. The maximum atomic E-state index is 5.38. The summed E-state index contributed by atoms with van der Waals surface area (Å²) in [6.45, 7) is 0.283.